The van der Waals surface area contributed by atoms with Gasteiger partial charge in [-0.15, -0.1) is 0 Å². The van der Waals surface area contributed by atoms with Crippen molar-refractivity contribution in [1.29, 1.82) is 5.26 Å². The van der Waals surface area contributed by atoms with Crippen LogP contribution in [0.15, 0.2) is 12.1 Å². The second-order valence-electron chi connectivity index (χ2n) is 4.96. The standard InChI is InChI=1S/C14H17F3N4/c1-2-19-12-8-10(14(15,16)17)9-13(20-12)21(7-3-6-18)11-4-5-11/h8-9,11H,2-5,7H2,1H3,(H,19,20). The van der Waals surface area contributed by atoms with Crippen LogP contribution in [-0.4, -0.2) is 24.1 Å². The molecule has 1 aliphatic rings. The van der Waals surface area contributed by atoms with Crippen molar-refractivity contribution in [2.75, 3.05) is 23.3 Å². The first kappa shape index (κ1) is 15.4. The fourth-order valence-corrected chi connectivity index (χ4v) is 2.14. The summed E-state index contributed by atoms with van der Waals surface area (Å²) < 4.78 is 39.0. The Hall–Kier alpha value is -1.97. The highest BCUT2D eigenvalue weighted by molar-refractivity contribution is 5.52. The van der Waals surface area contributed by atoms with Gasteiger partial charge in [0.05, 0.1) is 18.1 Å². The number of pyridine rings is 1. The topological polar surface area (TPSA) is 52.0 Å². The number of rotatable bonds is 6. The normalized spacial score (nSPS) is 14.6. The average molecular weight is 298 g/mol. The van der Waals surface area contributed by atoms with Crippen molar-refractivity contribution in [2.45, 2.75) is 38.4 Å². The summed E-state index contributed by atoms with van der Waals surface area (Å²) >= 11 is 0. The van der Waals surface area contributed by atoms with Crippen LogP contribution in [0.1, 0.15) is 31.7 Å². The van der Waals surface area contributed by atoms with Crippen LogP contribution in [0, 0.1) is 11.3 Å². The van der Waals surface area contributed by atoms with E-state index in [-0.39, 0.29) is 18.3 Å². The summed E-state index contributed by atoms with van der Waals surface area (Å²) in [6, 6.07) is 4.31. The van der Waals surface area contributed by atoms with E-state index in [2.05, 4.69) is 10.3 Å². The van der Waals surface area contributed by atoms with E-state index in [1.54, 1.807) is 11.8 Å². The van der Waals surface area contributed by atoms with E-state index in [1.807, 2.05) is 6.07 Å². The molecular formula is C14H17F3N4. The Kier molecular flexibility index (Phi) is 4.56. The molecule has 1 aromatic heterocycles. The first-order valence-electron chi connectivity index (χ1n) is 6.92. The lowest BCUT2D eigenvalue weighted by atomic mass is 10.2. The molecule has 21 heavy (non-hydrogen) atoms. The van der Waals surface area contributed by atoms with E-state index >= 15 is 0 Å². The Balaban J connectivity index is 2.35. The minimum atomic E-state index is -4.41. The second kappa shape index (κ2) is 6.20. The zero-order chi connectivity index (χ0) is 15.5. The van der Waals surface area contributed by atoms with E-state index in [4.69, 9.17) is 5.26 Å². The molecule has 1 N–H and O–H groups in total. The lowest BCUT2D eigenvalue weighted by Crippen LogP contribution is -2.28. The maximum atomic E-state index is 13.0. The van der Waals surface area contributed by atoms with Crippen molar-refractivity contribution in [3.63, 3.8) is 0 Å². The van der Waals surface area contributed by atoms with Crippen LogP contribution in [0.2, 0.25) is 0 Å². The molecule has 0 spiro atoms. The number of halogens is 3. The summed E-state index contributed by atoms with van der Waals surface area (Å²) in [5, 5.41) is 11.5. The van der Waals surface area contributed by atoms with Gasteiger partial charge >= 0.3 is 6.18 Å². The molecule has 1 heterocycles. The van der Waals surface area contributed by atoms with Crippen LogP contribution in [0.4, 0.5) is 24.8 Å². The van der Waals surface area contributed by atoms with Crippen molar-refractivity contribution < 1.29 is 13.2 Å². The molecule has 4 nitrogen and oxygen atoms in total. The van der Waals surface area contributed by atoms with Crippen LogP contribution in [0.3, 0.4) is 0 Å². The number of nitrogens with one attached hydrogen (secondary N) is 1. The van der Waals surface area contributed by atoms with Crippen molar-refractivity contribution in [3.05, 3.63) is 17.7 Å². The van der Waals surface area contributed by atoms with Crippen molar-refractivity contribution in [2.24, 2.45) is 0 Å². The smallest absolute Gasteiger partial charge is 0.370 e. The fourth-order valence-electron chi connectivity index (χ4n) is 2.14. The zero-order valence-electron chi connectivity index (χ0n) is 11.7. The van der Waals surface area contributed by atoms with E-state index in [0.29, 0.717) is 18.9 Å². The molecule has 0 radical (unpaired) electrons. The third-order valence-corrected chi connectivity index (χ3v) is 3.24. The molecule has 0 aromatic carbocycles. The zero-order valence-corrected chi connectivity index (χ0v) is 11.7. The molecule has 7 heteroatoms. The molecule has 1 saturated carbocycles. The molecule has 1 fully saturated rings. The van der Waals surface area contributed by atoms with Gasteiger partial charge in [0.1, 0.15) is 11.6 Å². The highest BCUT2D eigenvalue weighted by atomic mass is 19.4. The van der Waals surface area contributed by atoms with E-state index < -0.39 is 11.7 Å². The predicted octanol–water partition coefficient (Wildman–Crippen LogP) is 3.41. The largest absolute Gasteiger partial charge is 0.416 e. The van der Waals surface area contributed by atoms with Gasteiger partial charge in [-0.25, -0.2) is 4.98 Å². The number of nitriles is 1. The molecule has 1 aliphatic carbocycles. The molecular weight excluding hydrogens is 281 g/mol. The number of anilines is 2. The molecule has 1 aromatic rings. The highest BCUT2D eigenvalue weighted by Crippen LogP contribution is 2.36. The van der Waals surface area contributed by atoms with Gasteiger partial charge < -0.3 is 10.2 Å². The van der Waals surface area contributed by atoms with Crippen LogP contribution >= 0.6 is 0 Å². The third-order valence-electron chi connectivity index (χ3n) is 3.24. The molecule has 0 amide bonds. The molecule has 0 aliphatic heterocycles. The summed E-state index contributed by atoms with van der Waals surface area (Å²) in [7, 11) is 0. The van der Waals surface area contributed by atoms with Gasteiger partial charge in [-0.3, -0.25) is 0 Å². The Labute approximate surface area is 121 Å². The summed E-state index contributed by atoms with van der Waals surface area (Å²) in [6.45, 7) is 2.70. The Morgan fingerprint density at radius 1 is 1.43 bits per heavy atom. The molecule has 114 valence electrons. The first-order chi connectivity index (χ1) is 9.95. The lowest BCUT2D eigenvalue weighted by Gasteiger charge is -2.24. The minimum absolute atomic E-state index is 0.198. The van der Waals surface area contributed by atoms with Crippen LogP contribution in [-0.2, 0) is 6.18 Å². The summed E-state index contributed by atoms with van der Waals surface area (Å²) in [5.41, 5.74) is -0.717. The van der Waals surface area contributed by atoms with Crippen molar-refractivity contribution >= 4 is 11.6 Å². The summed E-state index contributed by atoms with van der Waals surface area (Å²) in [5.74, 6) is 0.503. The first-order valence-corrected chi connectivity index (χ1v) is 6.92. The van der Waals surface area contributed by atoms with Crippen LogP contribution < -0.4 is 10.2 Å². The SMILES string of the molecule is CCNc1cc(C(F)(F)F)cc(N(CCC#N)C2CC2)n1. The Morgan fingerprint density at radius 3 is 2.67 bits per heavy atom. The average Bonchev–Trinajstić information content (AvgIpc) is 3.23. The number of aromatic nitrogens is 1. The quantitative estimate of drug-likeness (QED) is 0.874. The maximum absolute atomic E-state index is 13.0. The number of hydrogen-bond donors (Lipinski definition) is 1. The van der Waals surface area contributed by atoms with Crippen molar-refractivity contribution in [3.8, 4) is 6.07 Å². The number of alkyl halides is 3. The van der Waals surface area contributed by atoms with Crippen molar-refractivity contribution in [1.82, 2.24) is 4.98 Å². The predicted molar refractivity (Wildman–Crippen MR) is 74.0 cm³/mol. The van der Waals surface area contributed by atoms with Gasteiger partial charge in [-0.05, 0) is 31.9 Å². The van der Waals surface area contributed by atoms with Gasteiger partial charge in [-0.1, -0.05) is 0 Å². The van der Waals surface area contributed by atoms with Gasteiger partial charge in [-0.2, -0.15) is 18.4 Å². The van der Waals surface area contributed by atoms with Gasteiger partial charge in [0.15, 0.2) is 0 Å². The Bertz CT molecular complexity index is 532. The van der Waals surface area contributed by atoms with Crippen LogP contribution in [0.25, 0.3) is 0 Å². The summed E-state index contributed by atoms with van der Waals surface area (Å²) in [6.07, 6.45) is -2.28. The van der Waals surface area contributed by atoms with Gasteiger partial charge in [0.25, 0.3) is 0 Å². The van der Waals surface area contributed by atoms with E-state index in [9.17, 15) is 13.2 Å². The molecule has 0 atom stereocenters. The summed E-state index contributed by atoms with van der Waals surface area (Å²) in [4.78, 5) is 6.06. The molecule has 0 saturated heterocycles. The van der Waals surface area contributed by atoms with Gasteiger partial charge in [0, 0.05) is 19.1 Å². The molecule has 2 rings (SSSR count). The van der Waals surface area contributed by atoms with E-state index in [0.717, 1.165) is 25.0 Å². The second-order valence-corrected chi connectivity index (χ2v) is 4.96. The highest BCUT2D eigenvalue weighted by Gasteiger charge is 2.34. The third kappa shape index (κ3) is 4.00. The minimum Gasteiger partial charge on any atom is -0.370 e. The van der Waals surface area contributed by atoms with Crippen LogP contribution in [0.5, 0.6) is 0 Å². The van der Waals surface area contributed by atoms with Gasteiger partial charge in [0.2, 0.25) is 0 Å². The lowest BCUT2D eigenvalue weighted by molar-refractivity contribution is -0.137. The molecule has 0 unspecified atom stereocenters. The molecule has 0 bridgehead atoms. The maximum Gasteiger partial charge on any atom is 0.416 e. The monoisotopic (exact) mass is 298 g/mol. The fraction of sp³-hybridized carbons (Fsp3) is 0.571. The number of nitrogens with zero attached hydrogens (tertiary/aromatic N) is 3. The Morgan fingerprint density at radius 2 is 2.14 bits per heavy atom. The van der Waals surface area contributed by atoms with E-state index in [1.165, 1.54) is 0 Å². The number of hydrogen-bond acceptors (Lipinski definition) is 4.